The number of hydrogen-bond acceptors (Lipinski definition) is 9. The van der Waals surface area contributed by atoms with E-state index in [1.807, 2.05) is 48.5 Å². The van der Waals surface area contributed by atoms with E-state index in [1.165, 1.54) is 10.6 Å². The molecule has 0 spiro atoms. The van der Waals surface area contributed by atoms with Crippen LogP contribution in [0.5, 0.6) is 5.88 Å². The number of amides is 1. The van der Waals surface area contributed by atoms with Crippen LogP contribution in [0, 0.1) is 0 Å². The molecule has 1 saturated heterocycles. The van der Waals surface area contributed by atoms with Gasteiger partial charge in [-0.15, -0.1) is 0 Å². The van der Waals surface area contributed by atoms with Crippen molar-refractivity contribution in [1.29, 1.82) is 0 Å². The number of benzene rings is 2. The number of aliphatic hydroxyl groups is 1. The average molecular weight is 718 g/mol. The van der Waals surface area contributed by atoms with Gasteiger partial charge < -0.3 is 25.6 Å². The molecular formula is C36H34Cl2N6O6. The van der Waals surface area contributed by atoms with Crippen LogP contribution in [0.1, 0.15) is 24.0 Å². The molecule has 12 nitrogen and oxygen atoms in total. The highest BCUT2D eigenvalue weighted by Crippen LogP contribution is 2.42. The molecule has 0 bridgehead atoms. The van der Waals surface area contributed by atoms with Crippen LogP contribution in [0.2, 0.25) is 10.0 Å². The number of pyridine rings is 2. The number of ether oxygens (including phenoxy) is 1. The topological polar surface area (TPSA) is 167 Å². The molecule has 5 aromatic rings. The lowest BCUT2D eigenvalue weighted by molar-refractivity contribution is -0.140. The van der Waals surface area contributed by atoms with E-state index < -0.39 is 18.6 Å². The van der Waals surface area contributed by atoms with Gasteiger partial charge in [-0.25, -0.2) is 9.97 Å². The SMILES string of the molecule is COc1nc(-c2cccc(-c3cccc(-c4ccn5c(=O)c(CN[C@H](CO)C(=O)O)cnc5c4)c3Cl)c2Cl)ccc1CNC[C@H]1CCC(=O)N1. The van der Waals surface area contributed by atoms with E-state index in [-0.39, 0.29) is 29.6 Å². The van der Waals surface area contributed by atoms with Crippen molar-refractivity contribution in [3.63, 3.8) is 0 Å². The zero-order valence-corrected chi connectivity index (χ0v) is 28.5. The Morgan fingerprint density at radius 1 is 1.02 bits per heavy atom. The maximum atomic E-state index is 13.1. The van der Waals surface area contributed by atoms with Crippen molar-refractivity contribution in [1.82, 2.24) is 30.3 Å². The number of carboxylic acid groups (broad SMARTS) is 1. The van der Waals surface area contributed by atoms with E-state index in [0.29, 0.717) is 69.0 Å². The summed E-state index contributed by atoms with van der Waals surface area (Å²) in [6.45, 7) is 0.486. The van der Waals surface area contributed by atoms with Crippen molar-refractivity contribution in [3.8, 4) is 39.4 Å². The van der Waals surface area contributed by atoms with Crippen LogP contribution in [0.3, 0.4) is 0 Å². The molecule has 258 valence electrons. The third-order valence-electron chi connectivity index (χ3n) is 8.60. The van der Waals surface area contributed by atoms with Gasteiger partial charge in [0.2, 0.25) is 11.8 Å². The lowest BCUT2D eigenvalue weighted by atomic mass is 9.97. The molecule has 6 rings (SSSR count). The minimum Gasteiger partial charge on any atom is -0.481 e. The van der Waals surface area contributed by atoms with Crippen LogP contribution in [0.25, 0.3) is 39.2 Å². The number of methoxy groups -OCH3 is 1. The van der Waals surface area contributed by atoms with Gasteiger partial charge in [0.15, 0.2) is 0 Å². The first-order chi connectivity index (χ1) is 24.2. The Balaban J connectivity index is 1.25. The fourth-order valence-electron chi connectivity index (χ4n) is 5.91. The van der Waals surface area contributed by atoms with Crippen LogP contribution in [-0.4, -0.2) is 68.8 Å². The Kier molecular flexibility index (Phi) is 10.8. The third-order valence-corrected chi connectivity index (χ3v) is 9.41. The molecule has 2 aromatic carbocycles. The molecule has 1 amide bonds. The van der Waals surface area contributed by atoms with Gasteiger partial charge in [0.25, 0.3) is 5.56 Å². The Morgan fingerprint density at radius 3 is 2.42 bits per heavy atom. The van der Waals surface area contributed by atoms with Gasteiger partial charge in [-0.1, -0.05) is 65.7 Å². The van der Waals surface area contributed by atoms with E-state index in [9.17, 15) is 19.5 Å². The Morgan fingerprint density at radius 2 is 1.74 bits per heavy atom. The second-order valence-electron chi connectivity index (χ2n) is 11.8. The Bertz CT molecular complexity index is 2140. The van der Waals surface area contributed by atoms with Crippen LogP contribution in [0.15, 0.2) is 77.9 Å². The predicted octanol–water partition coefficient (Wildman–Crippen LogP) is 4.31. The lowest BCUT2D eigenvalue weighted by Gasteiger charge is -2.16. The molecule has 5 N–H and O–H groups in total. The third kappa shape index (κ3) is 7.35. The van der Waals surface area contributed by atoms with Crippen molar-refractivity contribution < 1.29 is 24.5 Å². The van der Waals surface area contributed by atoms with Crippen molar-refractivity contribution in [2.24, 2.45) is 0 Å². The fourth-order valence-corrected chi connectivity index (χ4v) is 6.57. The number of nitrogens with zero attached hydrogens (tertiary/aromatic N) is 3. The van der Waals surface area contributed by atoms with Crippen LogP contribution < -0.4 is 26.2 Å². The Hall–Kier alpha value is -4.85. The zero-order chi connectivity index (χ0) is 35.4. The second kappa shape index (κ2) is 15.4. The first-order valence-electron chi connectivity index (χ1n) is 15.9. The van der Waals surface area contributed by atoms with Gasteiger partial charge in [-0.3, -0.25) is 24.1 Å². The molecule has 0 radical (unpaired) electrons. The largest absolute Gasteiger partial charge is 0.481 e. The number of rotatable bonds is 13. The van der Waals surface area contributed by atoms with Crippen molar-refractivity contribution in [3.05, 3.63) is 105 Å². The zero-order valence-electron chi connectivity index (χ0n) is 27.0. The van der Waals surface area contributed by atoms with E-state index in [4.69, 9.17) is 38.0 Å². The standard InChI is InChI=1S/C36H34Cl2N6O6/c1-50-34-21(15-39-18-23-9-11-31(46)42-23)8-10-28(43-34)27-7-3-6-26(33(27)38)25-5-2-4-24(32(25)37)20-12-13-44-30(14-20)41-17-22(35(44)47)16-40-29(19-45)36(48)49/h2-8,10,12-14,17,23,29,39-40,45H,9,11,15-16,18-19H2,1H3,(H,42,46)(H,48,49)/t23-,29-/m1/s1. The molecule has 4 heterocycles. The lowest BCUT2D eigenvalue weighted by Crippen LogP contribution is -2.40. The maximum Gasteiger partial charge on any atom is 0.323 e. The molecule has 14 heteroatoms. The molecule has 50 heavy (non-hydrogen) atoms. The summed E-state index contributed by atoms with van der Waals surface area (Å²) < 4.78 is 6.99. The number of carbonyl (C=O) groups is 2. The number of fused-ring (bicyclic) bond motifs is 1. The fraction of sp³-hybridized carbons (Fsp3) is 0.250. The summed E-state index contributed by atoms with van der Waals surface area (Å²) >= 11 is 14.1. The van der Waals surface area contributed by atoms with Crippen molar-refractivity contribution in [2.45, 2.75) is 38.0 Å². The first-order valence-corrected chi connectivity index (χ1v) is 16.6. The highest BCUT2D eigenvalue weighted by Gasteiger charge is 2.21. The van der Waals surface area contributed by atoms with Crippen LogP contribution in [0.4, 0.5) is 0 Å². The van der Waals surface area contributed by atoms with Gasteiger partial charge >= 0.3 is 5.97 Å². The molecule has 0 aliphatic carbocycles. The van der Waals surface area contributed by atoms with E-state index >= 15 is 0 Å². The number of halogens is 2. The smallest absolute Gasteiger partial charge is 0.323 e. The normalized spacial score (nSPS) is 14.9. The monoisotopic (exact) mass is 716 g/mol. The summed E-state index contributed by atoms with van der Waals surface area (Å²) in [6.07, 6.45) is 4.34. The molecule has 1 aliphatic heterocycles. The summed E-state index contributed by atoms with van der Waals surface area (Å²) in [4.78, 5) is 45.0. The van der Waals surface area contributed by atoms with Crippen LogP contribution in [-0.2, 0) is 22.7 Å². The quantitative estimate of drug-likeness (QED) is 0.119. The maximum absolute atomic E-state index is 13.1. The van der Waals surface area contributed by atoms with Gasteiger partial charge in [-0.05, 0) is 30.2 Å². The minimum absolute atomic E-state index is 0.0756. The molecule has 0 unspecified atom stereocenters. The summed E-state index contributed by atoms with van der Waals surface area (Å²) in [7, 11) is 1.57. The molecule has 0 saturated carbocycles. The number of aromatic nitrogens is 3. The molecule has 1 aliphatic rings. The van der Waals surface area contributed by atoms with Gasteiger partial charge in [-0.2, -0.15) is 0 Å². The second-order valence-corrected chi connectivity index (χ2v) is 12.6. The summed E-state index contributed by atoms with van der Waals surface area (Å²) in [5.74, 6) is -0.674. The molecule has 2 atom stereocenters. The first kappa shape index (κ1) is 35.0. The van der Waals surface area contributed by atoms with E-state index in [2.05, 4.69) is 20.9 Å². The number of nitrogens with one attached hydrogen (secondary N) is 3. The summed E-state index contributed by atoms with van der Waals surface area (Å²) in [6, 6.07) is 17.5. The van der Waals surface area contributed by atoms with E-state index in [0.717, 1.165) is 17.5 Å². The molecule has 1 fully saturated rings. The van der Waals surface area contributed by atoms with Gasteiger partial charge in [0.05, 0.1) is 35.0 Å². The summed E-state index contributed by atoms with van der Waals surface area (Å²) in [5.41, 5.74) is 5.28. The van der Waals surface area contributed by atoms with E-state index in [1.54, 1.807) is 25.4 Å². The minimum atomic E-state index is -1.22. The summed E-state index contributed by atoms with van der Waals surface area (Å²) in [5, 5.41) is 28.3. The van der Waals surface area contributed by atoms with Crippen molar-refractivity contribution >= 4 is 40.7 Å². The highest BCUT2D eigenvalue weighted by atomic mass is 35.5. The van der Waals surface area contributed by atoms with Gasteiger partial charge in [0.1, 0.15) is 11.7 Å². The number of aliphatic hydroxyl groups excluding tert-OH is 1. The number of carbonyl (C=O) groups excluding carboxylic acids is 1. The number of carboxylic acids is 1. The number of aliphatic carboxylic acids is 1. The Labute approximate surface area is 297 Å². The van der Waals surface area contributed by atoms with Crippen molar-refractivity contribution in [2.75, 3.05) is 20.3 Å². The molecular weight excluding hydrogens is 683 g/mol. The van der Waals surface area contributed by atoms with Crippen LogP contribution >= 0.6 is 23.2 Å². The highest BCUT2D eigenvalue weighted by molar-refractivity contribution is 6.39. The van der Waals surface area contributed by atoms with Gasteiger partial charge in [0, 0.05) is 72.3 Å². The number of hydrogen-bond donors (Lipinski definition) is 5. The molecule has 3 aromatic heterocycles. The average Bonchev–Trinajstić information content (AvgIpc) is 3.54. The predicted molar refractivity (Wildman–Crippen MR) is 190 cm³/mol.